The summed E-state index contributed by atoms with van der Waals surface area (Å²) in [5, 5.41) is 14.4. The molecule has 0 bridgehead atoms. The van der Waals surface area contributed by atoms with Gasteiger partial charge in [0.1, 0.15) is 5.58 Å². The second kappa shape index (κ2) is 8.22. The number of halogens is 2. The maximum atomic E-state index is 13.3. The maximum Gasteiger partial charge on any atom is 0.269 e. The minimum atomic E-state index is -0.602. The van der Waals surface area contributed by atoms with Crippen LogP contribution in [0.1, 0.15) is 10.4 Å². The van der Waals surface area contributed by atoms with Crippen molar-refractivity contribution in [1.82, 2.24) is 0 Å². The van der Waals surface area contributed by atoms with Crippen molar-refractivity contribution in [3.8, 4) is 11.1 Å². The summed E-state index contributed by atoms with van der Waals surface area (Å²) in [5.74, 6) is -0.680. The Bertz CT molecular complexity index is 1400. The average Bonchev–Trinajstić information content (AvgIpc) is 2.74. The molecule has 0 fully saturated rings. The Balaban J connectivity index is 1.85. The normalized spacial score (nSPS) is 10.8. The van der Waals surface area contributed by atoms with E-state index in [9.17, 15) is 19.7 Å². The summed E-state index contributed by atoms with van der Waals surface area (Å²) in [5.41, 5.74) is 0.394. The predicted molar refractivity (Wildman–Crippen MR) is 119 cm³/mol. The molecule has 1 amide bonds. The number of anilines is 1. The highest BCUT2D eigenvalue weighted by atomic mass is 35.5. The predicted octanol–water partition coefficient (Wildman–Crippen LogP) is 5.93. The molecular formula is C22H12Cl2N2O5. The molecule has 3 aromatic carbocycles. The van der Waals surface area contributed by atoms with Crippen LogP contribution in [0.15, 0.2) is 75.9 Å². The summed E-state index contributed by atoms with van der Waals surface area (Å²) < 4.78 is 5.84. The lowest BCUT2D eigenvalue weighted by Gasteiger charge is -2.12. The van der Waals surface area contributed by atoms with Gasteiger partial charge in [0.15, 0.2) is 0 Å². The van der Waals surface area contributed by atoms with Crippen molar-refractivity contribution in [2.75, 3.05) is 5.32 Å². The fourth-order valence-corrected chi connectivity index (χ4v) is 3.43. The molecule has 0 atom stereocenters. The molecule has 0 aliphatic carbocycles. The topological polar surface area (TPSA) is 102 Å². The number of benzene rings is 3. The van der Waals surface area contributed by atoms with Crippen LogP contribution in [0.5, 0.6) is 0 Å². The van der Waals surface area contributed by atoms with E-state index in [1.54, 1.807) is 30.3 Å². The number of fused-ring (bicyclic) bond motifs is 1. The van der Waals surface area contributed by atoms with Crippen LogP contribution in [0.2, 0.25) is 10.0 Å². The number of hydrogen-bond donors (Lipinski definition) is 1. The van der Waals surface area contributed by atoms with Crippen LogP contribution in [-0.4, -0.2) is 10.8 Å². The molecule has 31 heavy (non-hydrogen) atoms. The second-order valence-electron chi connectivity index (χ2n) is 6.54. The van der Waals surface area contributed by atoms with Crippen molar-refractivity contribution in [3.63, 3.8) is 0 Å². The monoisotopic (exact) mass is 454 g/mol. The number of nitrogens with one attached hydrogen (secondary N) is 1. The summed E-state index contributed by atoms with van der Waals surface area (Å²) in [4.78, 5) is 36.3. The van der Waals surface area contributed by atoms with E-state index >= 15 is 0 Å². The van der Waals surface area contributed by atoms with Gasteiger partial charge in [-0.3, -0.25) is 25.0 Å². The van der Waals surface area contributed by atoms with E-state index in [1.807, 2.05) is 0 Å². The molecule has 7 nitrogen and oxygen atoms in total. The van der Waals surface area contributed by atoms with Gasteiger partial charge in [0.05, 0.1) is 15.9 Å². The summed E-state index contributed by atoms with van der Waals surface area (Å²) in [6, 6.07) is 16.2. The van der Waals surface area contributed by atoms with Gasteiger partial charge in [-0.15, -0.1) is 0 Å². The number of carbonyl (C=O) groups excluding carboxylic acids is 1. The lowest BCUT2D eigenvalue weighted by atomic mass is 10.0. The minimum Gasteiger partial charge on any atom is -0.439 e. The van der Waals surface area contributed by atoms with E-state index in [0.717, 1.165) is 0 Å². The largest absolute Gasteiger partial charge is 0.439 e. The first-order chi connectivity index (χ1) is 14.8. The van der Waals surface area contributed by atoms with Crippen LogP contribution in [0.25, 0.3) is 22.1 Å². The number of nitro groups is 1. The molecule has 4 rings (SSSR count). The molecule has 1 heterocycles. The van der Waals surface area contributed by atoms with E-state index < -0.39 is 16.3 Å². The van der Waals surface area contributed by atoms with Crippen LogP contribution in [0, 0.1) is 10.1 Å². The van der Waals surface area contributed by atoms with Crippen LogP contribution >= 0.6 is 23.2 Å². The van der Waals surface area contributed by atoms with Gasteiger partial charge >= 0.3 is 0 Å². The third-order valence-corrected chi connectivity index (χ3v) is 5.00. The maximum absolute atomic E-state index is 13.3. The fourth-order valence-electron chi connectivity index (χ4n) is 3.07. The van der Waals surface area contributed by atoms with E-state index in [4.69, 9.17) is 27.6 Å². The first kappa shape index (κ1) is 20.6. The first-order valence-corrected chi connectivity index (χ1v) is 9.67. The highest BCUT2D eigenvalue weighted by Crippen LogP contribution is 2.31. The Labute approximate surface area is 185 Å². The molecule has 0 aliphatic rings. The molecule has 0 aliphatic heterocycles. The molecule has 1 aromatic heterocycles. The van der Waals surface area contributed by atoms with Gasteiger partial charge in [0.2, 0.25) is 11.3 Å². The summed E-state index contributed by atoms with van der Waals surface area (Å²) in [6.45, 7) is 0. The number of hydrogen-bond acceptors (Lipinski definition) is 5. The highest BCUT2D eigenvalue weighted by Gasteiger charge is 2.20. The van der Waals surface area contributed by atoms with Crippen molar-refractivity contribution in [3.05, 3.63) is 103 Å². The molecule has 1 N–H and O–H groups in total. The molecule has 0 saturated carbocycles. The first-order valence-electron chi connectivity index (χ1n) is 8.91. The number of carbonyl (C=O) groups is 1. The SMILES string of the molecule is O=C(Nc1oc2ccc(Cl)cc2c(=O)c1-c1cccc(Cl)c1)c1ccc([N+](=O)[O-])cc1. The third-order valence-electron chi connectivity index (χ3n) is 4.53. The Hall–Kier alpha value is -3.68. The zero-order valence-corrected chi connectivity index (χ0v) is 17.1. The zero-order chi connectivity index (χ0) is 22.1. The number of rotatable bonds is 4. The summed E-state index contributed by atoms with van der Waals surface area (Å²) in [6.07, 6.45) is 0. The van der Waals surface area contributed by atoms with Crippen LogP contribution in [0.3, 0.4) is 0 Å². The Morgan fingerprint density at radius 1 is 0.968 bits per heavy atom. The Morgan fingerprint density at radius 2 is 1.68 bits per heavy atom. The van der Waals surface area contributed by atoms with E-state index in [1.165, 1.54) is 36.4 Å². The van der Waals surface area contributed by atoms with Crippen molar-refractivity contribution >= 4 is 51.6 Å². The molecule has 0 saturated heterocycles. The number of non-ortho nitro benzene ring substituents is 1. The minimum absolute atomic E-state index is 0.0783. The lowest BCUT2D eigenvalue weighted by Crippen LogP contribution is -2.16. The Morgan fingerprint density at radius 3 is 2.35 bits per heavy atom. The highest BCUT2D eigenvalue weighted by molar-refractivity contribution is 6.31. The standard InChI is InChI=1S/C22H12Cl2N2O5/c23-14-3-1-2-13(10-14)19-20(27)17-11-15(24)6-9-18(17)31-22(19)25-21(28)12-4-7-16(8-5-12)26(29)30/h1-11H,(H,25,28). The fraction of sp³-hybridized carbons (Fsp3) is 0. The zero-order valence-electron chi connectivity index (χ0n) is 15.6. The van der Waals surface area contributed by atoms with E-state index in [0.29, 0.717) is 15.6 Å². The van der Waals surface area contributed by atoms with Crippen LogP contribution in [0.4, 0.5) is 11.6 Å². The van der Waals surface area contributed by atoms with Gasteiger partial charge in [-0.1, -0.05) is 35.3 Å². The average molecular weight is 455 g/mol. The van der Waals surface area contributed by atoms with Crippen LogP contribution < -0.4 is 10.7 Å². The molecule has 154 valence electrons. The molecular weight excluding hydrogens is 443 g/mol. The van der Waals surface area contributed by atoms with Gasteiger partial charge in [-0.05, 0) is 48.0 Å². The molecule has 0 unspecified atom stereocenters. The van der Waals surface area contributed by atoms with Crippen molar-refractivity contribution < 1.29 is 14.1 Å². The van der Waals surface area contributed by atoms with Gasteiger partial charge in [0, 0.05) is 27.7 Å². The number of nitrogens with zero attached hydrogens (tertiary/aromatic N) is 1. The summed E-state index contributed by atoms with van der Waals surface area (Å²) >= 11 is 12.1. The number of amides is 1. The molecule has 9 heteroatoms. The van der Waals surface area contributed by atoms with Crippen molar-refractivity contribution in [2.24, 2.45) is 0 Å². The summed E-state index contributed by atoms with van der Waals surface area (Å²) in [7, 11) is 0. The quantitative estimate of drug-likeness (QED) is 0.304. The van der Waals surface area contributed by atoms with Crippen molar-refractivity contribution in [2.45, 2.75) is 0 Å². The van der Waals surface area contributed by atoms with E-state index in [2.05, 4.69) is 5.32 Å². The van der Waals surface area contributed by atoms with Gasteiger partial charge in [-0.25, -0.2) is 0 Å². The van der Waals surface area contributed by atoms with Gasteiger partial charge in [0.25, 0.3) is 11.6 Å². The molecule has 4 aromatic rings. The Kier molecular flexibility index (Phi) is 5.46. The lowest BCUT2D eigenvalue weighted by molar-refractivity contribution is -0.384. The number of nitro benzene ring substituents is 1. The third kappa shape index (κ3) is 4.14. The van der Waals surface area contributed by atoms with Gasteiger partial charge < -0.3 is 4.42 Å². The van der Waals surface area contributed by atoms with E-state index in [-0.39, 0.29) is 33.7 Å². The molecule has 0 radical (unpaired) electrons. The molecule has 0 spiro atoms. The van der Waals surface area contributed by atoms with Crippen LogP contribution in [-0.2, 0) is 0 Å². The van der Waals surface area contributed by atoms with Crippen molar-refractivity contribution in [1.29, 1.82) is 0 Å². The second-order valence-corrected chi connectivity index (χ2v) is 7.42. The smallest absolute Gasteiger partial charge is 0.269 e. The van der Waals surface area contributed by atoms with Gasteiger partial charge in [-0.2, -0.15) is 0 Å².